The van der Waals surface area contributed by atoms with Crippen LogP contribution in [0.3, 0.4) is 0 Å². The van der Waals surface area contributed by atoms with E-state index in [-0.39, 0.29) is 5.41 Å². The van der Waals surface area contributed by atoms with Crippen molar-refractivity contribution >= 4 is 22.6 Å². The summed E-state index contributed by atoms with van der Waals surface area (Å²) in [5, 5.41) is 13.2. The van der Waals surface area contributed by atoms with Crippen molar-refractivity contribution in [2.24, 2.45) is 5.41 Å². The molecule has 1 fully saturated rings. The second-order valence-corrected chi connectivity index (χ2v) is 8.56. The fraction of sp³-hybridized carbons (Fsp3) is 0.733. The first kappa shape index (κ1) is 16.3. The first-order valence-electron chi connectivity index (χ1n) is 7.12. The summed E-state index contributed by atoms with van der Waals surface area (Å²) < 4.78 is 5.01. The van der Waals surface area contributed by atoms with Crippen LogP contribution in [0.5, 0.6) is 0 Å². The van der Waals surface area contributed by atoms with Gasteiger partial charge in [-0.1, -0.05) is 55.0 Å². The third kappa shape index (κ3) is 3.55. The number of hydroxylamine groups is 1. The van der Waals surface area contributed by atoms with Crippen molar-refractivity contribution in [3.05, 3.63) is 23.0 Å². The van der Waals surface area contributed by atoms with Gasteiger partial charge in [-0.15, -0.1) is 0 Å². The molecule has 0 aromatic rings. The van der Waals surface area contributed by atoms with Crippen LogP contribution in [0.25, 0.3) is 0 Å². The molecule has 114 valence electrons. The summed E-state index contributed by atoms with van der Waals surface area (Å²) in [6.07, 6.45) is 5.50. The minimum atomic E-state index is -0.579. The van der Waals surface area contributed by atoms with E-state index in [0.717, 1.165) is 24.3 Å². The van der Waals surface area contributed by atoms with Crippen LogP contribution < -0.4 is 10.8 Å². The van der Waals surface area contributed by atoms with Gasteiger partial charge in [0.15, 0.2) is 3.55 Å². The van der Waals surface area contributed by atoms with Crippen molar-refractivity contribution in [3.8, 4) is 0 Å². The summed E-state index contributed by atoms with van der Waals surface area (Å²) in [6.45, 7) is 7.41. The van der Waals surface area contributed by atoms with Gasteiger partial charge in [0.2, 0.25) is 0 Å². The van der Waals surface area contributed by atoms with E-state index < -0.39 is 3.55 Å². The predicted octanol–water partition coefficient (Wildman–Crippen LogP) is 3.13. The Hall–Kier alpha value is -0.110. The first-order chi connectivity index (χ1) is 9.30. The van der Waals surface area contributed by atoms with Crippen LogP contribution in [0, 0.1) is 5.41 Å². The number of hydrogen-bond donors (Lipinski definition) is 3. The number of rotatable bonds is 5. The smallest absolute Gasteiger partial charge is 0.154 e. The third-order valence-electron chi connectivity index (χ3n) is 3.94. The van der Waals surface area contributed by atoms with Crippen molar-refractivity contribution in [2.45, 2.75) is 49.6 Å². The monoisotopic (exact) mass is 392 g/mol. The number of halogens is 1. The van der Waals surface area contributed by atoms with Gasteiger partial charge in [-0.25, -0.2) is 0 Å². The van der Waals surface area contributed by atoms with E-state index in [1.165, 1.54) is 18.4 Å². The summed E-state index contributed by atoms with van der Waals surface area (Å²) in [6, 6.07) is 0.653. The molecule has 0 amide bonds. The second-order valence-electron chi connectivity index (χ2n) is 6.72. The fourth-order valence-corrected chi connectivity index (χ4v) is 3.44. The first-order valence-corrected chi connectivity index (χ1v) is 8.20. The molecule has 4 nitrogen and oxygen atoms in total. The van der Waals surface area contributed by atoms with E-state index in [1.807, 2.05) is 0 Å². The van der Waals surface area contributed by atoms with Gasteiger partial charge in [-0.3, -0.25) is 0 Å². The maximum absolute atomic E-state index is 9.62. The molecule has 3 N–H and O–H groups in total. The number of alkyl halides is 1. The third-order valence-corrected chi connectivity index (χ3v) is 5.05. The molecule has 2 rings (SSSR count). The Balaban J connectivity index is 2.32. The standard InChI is InChI=1S/C15H25IN2O2/c1-14(2,3)11-7-10(9-17-12-5-6-12)13(20-4)15(16,8-11)18-19/h7,12,17-19H,5-6,8-9H2,1-4H3/t15-/m1/s1. The topological polar surface area (TPSA) is 53.5 Å². The molecule has 0 unspecified atom stereocenters. The van der Waals surface area contributed by atoms with Crippen molar-refractivity contribution in [3.63, 3.8) is 0 Å². The molecule has 0 spiro atoms. The molecule has 20 heavy (non-hydrogen) atoms. The largest absolute Gasteiger partial charge is 0.498 e. The zero-order valence-electron chi connectivity index (χ0n) is 12.7. The minimum Gasteiger partial charge on any atom is -0.498 e. The van der Waals surface area contributed by atoms with Crippen LogP contribution in [-0.2, 0) is 4.74 Å². The van der Waals surface area contributed by atoms with Gasteiger partial charge in [0.1, 0.15) is 5.76 Å². The SMILES string of the molecule is COC1=C(CNC2CC2)C=C(C(C)(C)C)C[C@@]1(I)NO. The lowest BCUT2D eigenvalue weighted by atomic mass is 9.78. The van der Waals surface area contributed by atoms with Crippen LogP contribution in [0.1, 0.15) is 40.0 Å². The number of methoxy groups -OCH3 is 1. The molecule has 0 saturated heterocycles. The molecule has 0 aromatic heterocycles. The normalized spacial score (nSPS) is 27.6. The highest BCUT2D eigenvalue weighted by atomic mass is 127. The van der Waals surface area contributed by atoms with Gasteiger partial charge in [0, 0.05) is 24.6 Å². The molecular weight excluding hydrogens is 367 g/mol. The fourth-order valence-electron chi connectivity index (χ4n) is 2.46. The number of nitrogens with one attached hydrogen (secondary N) is 2. The van der Waals surface area contributed by atoms with Gasteiger partial charge in [0.05, 0.1) is 7.11 Å². The lowest BCUT2D eigenvalue weighted by Gasteiger charge is -2.38. The van der Waals surface area contributed by atoms with Gasteiger partial charge in [-0.05, 0) is 18.3 Å². The molecule has 1 saturated carbocycles. The molecule has 0 heterocycles. The summed E-state index contributed by atoms with van der Waals surface area (Å²) in [5.74, 6) is 0.821. The Morgan fingerprint density at radius 1 is 1.45 bits per heavy atom. The molecule has 0 aliphatic heterocycles. The summed E-state index contributed by atoms with van der Waals surface area (Å²) in [4.78, 5) is 0. The summed E-state index contributed by atoms with van der Waals surface area (Å²) >= 11 is 2.25. The molecule has 0 bridgehead atoms. The maximum Gasteiger partial charge on any atom is 0.154 e. The molecule has 1 atom stereocenters. The van der Waals surface area contributed by atoms with Gasteiger partial charge < -0.3 is 15.3 Å². The van der Waals surface area contributed by atoms with E-state index in [9.17, 15) is 5.21 Å². The lowest BCUT2D eigenvalue weighted by Crippen LogP contribution is -2.44. The Labute approximate surface area is 135 Å². The van der Waals surface area contributed by atoms with E-state index in [2.05, 4.69) is 60.2 Å². The van der Waals surface area contributed by atoms with Crippen molar-refractivity contribution < 1.29 is 9.94 Å². The highest BCUT2D eigenvalue weighted by molar-refractivity contribution is 14.1. The quantitative estimate of drug-likeness (QED) is 0.291. The van der Waals surface area contributed by atoms with Crippen LogP contribution in [-0.4, -0.2) is 28.4 Å². The Bertz CT molecular complexity index is 436. The van der Waals surface area contributed by atoms with Crippen LogP contribution >= 0.6 is 22.6 Å². The Kier molecular flexibility index (Phi) is 4.83. The number of ether oxygens (including phenoxy) is 1. The molecule has 5 heteroatoms. The number of hydrogen-bond acceptors (Lipinski definition) is 4. The highest BCUT2D eigenvalue weighted by Gasteiger charge is 2.40. The van der Waals surface area contributed by atoms with E-state index in [0.29, 0.717) is 6.04 Å². The molecule has 0 aromatic carbocycles. The zero-order chi connectivity index (χ0) is 15.0. The molecular formula is C15H25IN2O2. The average molecular weight is 392 g/mol. The van der Waals surface area contributed by atoms with Gasteiger partial charge in [-0.2, -0.15) is 5.48 Å². The Morgan fingerprint density at radius 2 is 2.10 bits per heavy atom. The zero-order valence-corrected chi connectivity index (χ0v) is 14.9. The molecule has 2 aliphatic carbocycles. The van der Waals surface area contributed by atoms with E-state index >= 15 is 0 Å². The van der Waals surface area contributed by atoms with Crippen molar-refractivity contribution in [2.75, 3.05) is 13.7 Å². The summed E-state index contributed by atoms with van der Waals surface area (Å²) in [5.41, 5.74) is 4.98. The van der Waals surface area contributed by atoms with Crippen LogP contribution in [0.2, 0.25) is 0 Å². The Morgan fingerprint density at radius 3 is 2.55 bits per heavy atom. The second kappa shape index (κ2) is 5.94. The van der Waals surface area contributed by atoms with Crippen molar-refractivity contribution in [1.82, 2.24) is 10.8 Å². The molecule has 0 radical (unpaired) electrons. The van der Waals surface area contributed by atoms with E-state index in [4.69, 9.17) is 4.74 Å². The predicted molar refractivity (Wildman–Crippen MR) is 88.9 cm³/mol. The van der Waals surface area contributed by atoms with Crippen LogP contribution in [0.4, 0.5) is 0 Å². The maximum atomic E-state index is 9.62. The average Bonchev–Trinajstić information content (AvgIpc) is 3.18. The molecule has 2 aliphatic rings. The summed E-state index contributed by atoms with van der Waals surface area (Å²) in [7, 11) is 1.67. The van der Waals surface area contributed by atoms with Crippen molar-refractivity contribution in [1.29, 1.82) is 0 Å². The van der Waals surface area contributed by atoms with E-state index in [1.54, 1.807) is 7.11 Å². The van der Waals surface area contributed by atoms with Gasteiger partial charge in [0.25, 0.3) is 0 Å². The van der Waals surface area contributed by atoms with Gasteiger partial charge >= 0.3 is 0 Å². The minimum absolute atomic E-state index is 0.0807. The lowest BCUT2D eigenvalue weighted by molar-refractivity contribution is 0.0959. The highest BCUT2D eigenvalue weighted by Crippen LogP contribution is 2.44. The van der Waals surface area contributed by atoms with Crippen LogP contribution in [0.15, 0.2) is 23.0 Å².